The monoisotopic (exact) mass is 429 g/mol. The Morgan fingerprint density at radius 1 is 1.34 bits per heavy atom. The van der Waals surface area contributed by atoms with Gasteiger partial charge < -0.3 is 19.0 Å². The van der Waals surface area contributed by atoms with Crippen LogP contribution in [0.1, 0.15) is 12.7 Å². The smallest absolute Gasteiger partial charge is 0.236 e. The maximum Gasteiger partial charge on any atom is 0.236 e. The Labute approximate surface area is 175 Å². The molecule has 0 aliphatic heterocycles. The molecule has 29 heavy (non-hydrogen) atoms. The summed E-state index contributed by atoms with van der Waals surface area (Å²) in [6, 6.07) is 7.55. The van der Waals surface area contributed by atoms with Crippen molar-refractivity contribution in [1.82, 2.24) is 19.7 Å². The Morgan fingerprint density at radius 2 is 2.21 bits per heavy atom. The van der Waals surface area contributed by atoms with Gasteiger partial charge in [-0.2, -0.15) is 0 Å². The molecular weight excluding hydrogens is 410 g/mol. The summed E-state index contributed by atoms with van der Waals surface area (Å²) >= 11 is 2.74. The number of rotatable bonds is 7. The van der Waals surface area contributed by atoms with E-state index in [1.807, 2.05) is 49.7 Å². The van der Waals surface area contributed by atoms with Crippen molar-refractivity contribution < 1.29 is 13.9 Å². The van der Waals surface area contributed by atoms with Crippen molar-refractivity contribution in [2.75, 3.05) is 17.7 Å². The van der Waals surface area contributed by atoms with E-state index in [2.05, 4.69) is 20.5 Å². The van der Waals surface area contributed by atoms with Gasteiger partial charge in [-0.25, -0.2) is 4.98 Å². The van der Waals surface area contributed by atoms with Crippen molar-refractivity contribution >= 4 is 44.4 Å². The third-order valence-electron chi connectivity index (χ3n) is 4.18. The second kappa shape index (κ2) is 8.26. The number of amides is 1. The molecule has 1 aromatic carbocycles. The molecule has 1 amide bonds. The Bertz CT molecular complexity index is 1160. The van der Waals surface area contributed by atoms with Gasteiger partial charge in [0, 0.05) is 7.05 Å². The zero-order valence-corrected chi connectivity index (χ0v) is 17.8. The normalized spacial score (nSPS) is 11.1. The molecule has 150 valence electrons. The van der Waals surface area contributed by atoms with E-state index in [1.165, 1.54) is 23.1 Å². The summed E-state index contributed by atoms with van der Waals surface area (Å²) in [4.78, 5) is 16.8. The van der Waals surface area contributed by atoms with Crippen LogP contribution in [0.3, 0.4) is 0 Å². The number of thioether (sulfide) groups is 1. The zero-order chi connectivity index (χ0) is 20.4. The number of fused-ring (bicyclic) bond motifs is 1. The molecule has 0 aliphatic rings. The highest BCUT2D eigenvalue weighted by molar-refractivity contribution is 7.99. The van der Waals surface area contributed by atoms with Crippen LogP contribution in [0.15, 0.2) is 40.1 Å². The van der Waals surface area contributed by atoms with E-state index in [-0.39, 0.29) is 11.7 Å². The van der Waals surface area contributed by atoms with Gasteiger partial charge in [0.05, 0.1) is 34.4 Å². The first kappa shape index (κ1) is 19.5. The number of furan rings is 1. The molecule has 0 bridgehead atoms. The van der Waals surface area contributed by atoms with Crippen LogP contribution in [0.5, 0.6) is 5.75 Å². The number of benzene rings is 1. The number of carbonyl (C=O) groups excluding carboxylic acids is 1. The molecule has 1 N–H and O–H groups in total. The van der Waals surface area contributed by atoms with Crippen LogP contribution >= 0.6 is 23.1 Å². The molecule has 10 heteroatoms. The maximum absolute atomic E-state index is 12.4. The van der Waals surface area contributed by atoms with E-state index >= 15 is 0 Å². The molecule has 0 unspecified atom stereocenters. The highest BCUT2D eigenvalue weighted by Crippen LogP contribution is 2.30. The quantitative estimate of drug-likeness (QED) is 0.442. The Morgan fingerprint density at radius 3 is 2.97 bits per heavy atom. The highest BCUT2D eigenvalue weighted by atomic mass is 32.2. The molecule has 0 saturated carbocycles. The number of ether oxygens (including phenoxy) is 1. The Hall–Kier alpha value is -2.85. The largest absolute Gasteiger partial charge is 0.494 e. The molecule has 4 aromatic rings. The van der Waals surface area contributed by atoms with Crippen LogP contribution < -0.4 is 10.1 Å². The zero-order valence-electron chi connectivity index (χ0n) is 16.1. The summed E-state index contributed by atoms with van der Waals surface area (Å²) < 4.78 is 13.6. The second-order valence-corrected chi connectivity index (χ2v) is 8.15. The third kappa shape index (κ3) is 4.13. The van der Waals surface area contributed by atoms with Gasteiger partial charge >= 0.3 is 0 Å². The first-order chi connectivity index (χ1) is 14.0. The predicted molar refractivity (Wildman–Crippen MR) is 114 cm³/mol. The van der Waals surface area contributed by atoms with Gasteiger partial charge in [-0.05, 0) is 38.1 Å². The van der Waals surface area contributed by atoms with Crippen LogP contribution in [0.25, 0.3) is 21.6 Å². The maximum atomic E-state index is 12.4. The number of nitrogens with zero attached hydrogens (tertiary/aromatic N) is 4. The minimum atomic E-state index is -0.150. The van der Waals surface area contributed by atoms with E-state index in [0.717, 1.165) is 27.3 Å². The topological polar surface area (TPSA) is 95.1 Å². The third-order valence-corrected chi connectivity index (χ3v) is 6.14. The van der Waals surface area contributed by atoms with E-state index in [9.17, 15) is 4.79 Å². The number of anilines is 1. The summed E-state index contributed by atoms with van der Waals surface area (Å²) in [5, 5.41) is 12.5. The van der Waals surface area contributed by atoms with E-state index in [0.29, 0.717) is 22.7 Å². The highest BCUT2D eigenvalue weighted by Gasteiger charge is 2.16. The summed E-state index contributed by atoms with van der Waals surface area (Å²) in [7, 11) is 1.87. The van der Waals surface area contributed by atoms with E-state index < -0.39 is 0 Å². The van der Waals surface area contributed by atoms with Crippen molar-refractivity contribution in [2.45, 2.75) is 19.0 Å². The fraction of sp³-hybridized carbons (Fsp3) is 0.263. The fourth-order valence-corrected chi connectivity index (χ4v) is 4.41. The van der Waals surface area contributed by atoms with Crippen molar-refractivity contribution in [1.29, 1.82) is 0 Å². The molecule has 0 aliphatic carbocycles. The number of hydrogen-bond acceptors (Lipinski definition) is 8. The summed E-state index contributed by atoms with van der Waals surface area (Å²) in [5.41, 5.74) is 1.71. The molecular formula is C19H19N5O3S2. The molecule has 0 spiro atoms. The first-order valence-corrected chi connectivity index (χ1v) is 10.7. The van der Waals surface area contributed by atoms with Crippen LogP contribution in [0, 0.1) is 6.92 Å². The fourth-order valence-electron chi connectivity index (χ4n) is 2.79. The number of aromatic nitrogens is 4. The lowest BCUT2D eigenvalue weighted by Gasteiger charge is -2.03. The molecule has 0 saturated heterocycles. The molecule has 0 radical (unpaired) electrons. The van der Waals surface area contributed by atoms with Crippen molar-refractivity contribution in [3.8, 4) is 17.1 Å². The standard InChI is InChI=1S/C19H19N5O3S2/c1-4-26-12-5-6-14-15(9-12)29-18(20-14)21-16(25)10-28-19-23-22-17(24(19)3)13-7-8-27-11(13)2/h5-9H,4,10H2,1-3H3,(H,20,21,25). The first-order valence-electron chi connectivity index (χ1n) is 8.95. The molecule has 4 rings (SSSR count). The van der Waals surface area contributed by atoms with Gasteiger partial charge in [0.1, 0.15) is 11.5 Å². The lowest BCUT2D eigenvalue weighted by molar-refractivity contribution is -0.113. The van der Waals surface area contributed by atoms with Crippen molar-refractivity contribution in [2.24, 2.45) is 7.05 Å². The summed E-state index contributed by atoms with van der Waals surface area (Å²) in [6.45, 7) is 4.42. The van der Waals surface area contributed by atoms with E-state index in [4.69, 9.17) is 9.15 Å². The van der Waals surface area contributed by atoms with Crippen LogP contribution in [-0.4, -0.2) is 38.0 Å². The molecule has 3 heterocycles. The second-order valence-electron chi connectivity index (χ2n) is 6.17. The van der Waals surface area contributed by atoms with Gasteiger partial charge in [-0.1, -0.05) is 23.1 Å². The van der Waals surface area contributed by atoms with Crippen molar-refractivity contribution in [3.63, 3.8) is 0 Å². The Balaban J connectivity index is 1.40. The molecule has 3 aromatic heterocycles. The van der Waals surface area contributed by atoms with Gasteiger partial charge in [0.25, 0.3) is 0 Å². The van der Waals surface area contributed by atoms with E-state index in [1.54, 1.807) is 6.26 Å². The lowest BCUT2D eigenvalue weighted by Crippen LogP contribution is -2.14. The number of carbonyl (C=O) groups is 1. The molecule has 8 nitrogen and oxygen atoms in total. The number of nitrogens with one attached hydrogen (secondary N) is 1. The van der Waals surface area contributed by atoms with Gasteiger partial charge in [0.15, 0.2) is 16.1 Å². The van der Waals surface area contributed by atoms with Gasteiger partial charge in [0.2, 0.25) is 5.91 Å². The average Bonchev–Trinajstić information content (AvgIpc) is 3.38. The Kier molecular flexibility index (Phi) is 5.54. The van der Waals surface area contributed by atoms with Crippen molar-refractivity contribution in [3.05, 3.63) is 36.3 Å². The van der Waals surface area contributed by atoms with Crippen LogP contribution in [0.2, 0.25) is 0 Å². The summed E-state index contributed by atoms with van der Waals surface area (Å²) in [6.07, 6.45) is 1.62. The number of aryl methyl sites for hydroxylation is 1. The SMILES string of the molecule is CCOc1ccc2nc(NC(=O)CSc3nnc(-c4ccoc4C)n3C)sc2c1. The van der Waals surface area contributed by atoms with Crippen LogP contribution in [-0.2, 0) is 11.8 Å². The number of thiazole rings is 1. The predicted octanol–water partition coefficient (Wildman–Crippen LogP) is 4.12. The minimum absolute atomic E-state index is 0.150. The van der Waals surface area contributed by atoms with Crippen LogP contribution in [0.4, 0.5) is 5.13 Å². The molecule has 0 fully saturated rings. The van der Waals surface area contributed by atoms with Gasteiger partial charge in [-0.3, -0.25) is 4.79 Å². The summed E-state index contributed by atoms with van der Waals surface area (Å²) in [5.74, 6) is 2.33. The lowest BCUT2D eigenvalue weighted by atomic mass is 10.2. The van der Waals surface area contributed by atoms with Gasteiger partial charge in [-0.15, -0.1) is 10.2 Å². The average molecular weight is 430 g/mol. The number of hydrogen-bond donors (Lipinski definition) is 1. The molecule has 0 atom stereocenters. The minimum Gasteiger partial charge on any atom is -0.494 e.